The molecule has 9 nitrogen and oxygen atoms in total. The molecule has 0 atom stereocenters. The third-order valence-corrected chi connectivity index (χ3v) is 6.59. The third-order valence-electron chi connectivity index (χ3n) is 6.23. The van der Waals surface area contributed by atoms with E-state index < -0.39 is 29.0 Å². The minimum absolute atomic E-state index is 0.00646. The lowest BCUT2D eigenvalue weighted by Gasteiger charge is -2.42. The summed E-state index contributed by atoms with van der Waals surface area (Å²) in [6.45, 7) is 6.12. The number of nitrogens with two attached hydrogens (primary N) is 1. The molecule has 0 bridgehead atoms. The molecule has 2 heterocycles. The van der Waals surface area contributed by atoms with Crippen LogP contribution in [0.2, 0.25) is 5.02 Å². The number of fused-ring (bicyclic) bond motifs is 1. The minimum atomic E-state index is -0.929. The summed E-state index contributed by atoms with van der Waals surface area (Å²) in [6, 6.07) is 3.51. The Labute approximate surface area is 222 Å². The van der Waals surface area contributed by atoms with Crippen LogP contribution in [-0.4, -0.2) is 48.8 Å². The molecule has 0 spiro atoms. The van der Waals surface area contributed by atoms with Gasteiger partial charge in [0, 0.05) is 37.8 Å². The molecule has 3 N–H and O–H groups in total. The molecular weight excluding hydrogens is 522 g/mol. The van der Waals surface area contributed by atoms with Crippen LogP contribution in [0.5, 0.6) is 0 Å². The molecule has 12 heteroatoms. The topological polar surface area (TPSA) is 116 Å². The van der Waals surface area contributed by atoms with Gasteiger partial charge in [0.1, 0.15) is 23.8 Å². The summed E-state index contributed by atoms with van der Waals surface area (Å²) in [5, 5.41) is 3.01. The van der Waals surface area contributed by atoms with Gasteiger partial charge in [-0.15, -0.1) is 0 Å². The lowest BCUT2D eigenvalue weighted by atomic mass is 10.0. The second-order valence-corrected chi connectivity index (χ2v) is 9.20. The Hall–Kier alpha value is -3.70. The average molecular weight is 549 g/mol. The Kier molecular flexibility index (Phi) is 7.89. The molecule has 2 aromatic carbocycles. The summed E-state index contributed by atoms with van der Waals surface area (Å²) in [6.07, 6.45) is 1.19. The van der Waals surface area contributed by atoms with Gasteiger partial charge >= 0.3 is 11.9 Å². The first kappa shape index (κ1) is 27.3. The van der Waals surface area contributed by atoms with Crippen molar-refractivity contribution in [2.45, 2.75) is 33.4 Å². The number of pyridine rings is 1. The van der Waals surface area contributed by atoms with Crippen molar-refractivity contribution in [1.29, 1.82) is 0 Å². The molecule has 3 aromatic rings. The molecule has 0 unspecified atom stereocenters. The number of hydrogen-bond donors (Lipinski definition) is 2. The number of hydrogen-bond acceptors (Lipinski definition) is 8. The molecule has 1 aliphatic rings. The summed E-state index contributed by atoms with van der Waals surface area (Å²) in [4.78, 5) is 39.2. The SMILES string of the molecule is CCNC1CN(c2c(F)cc3c(=O)c(C(=O)OCC)cn(-c4cc(N)c(F)cc4COC(C)=O)c3c2Cl)C1. The summed E-state index contributed by atoms with van der Waals surface area (Å²) < 4.78 is 41.4. The van der Waals surface area contributed by atoms with E-state index in [2.05, 4.69) is 5.32 Å². The van der Waals surface area contributed by atoms with Crippen LogP contribution in [0, 0.1) is 11.6 Å². The van der Waals surface area contributed by atoms with Gasteiger partial charge in [-0.3, -0.25) is 9.59 Å². The number of nitrogen functional groups attached to an aromatic ring is 1. The molecule has 0 amide bonds. The van der Waals surface area contributed by atoms with Crippen molar-refractivity contribution in [2.75, 3.05) is 36.9 Å². The Morgan fingerprint density at radius 2 is 1.87 bits per heavy atom. The summed E-state index contributed by atoms with van der Waals surface area (Å²) >= 11 is 6.78. The molecule has 38 heavy (non-hydrogen) atoms. The molecule has 4 rings (SSSR count). The van der Waals surface area contributed by atoms with Gasteiger partial charge in [-0.25, -0.2) is 13.6 Å². The van der Waals surface area contributed by atoms with E-state index >= 15 is 4.39 Å². The molecule has 1 aliphatic heterocycles. The first-order chi connectivity index (χ1) is 18.1. The average Bonchev–Trinajstić information content (AvgIpc) is 2.83. The largest absolute Gasteiger partial charge is 0.462 e. The van der Waals surface area contributed by atoms with Crippen molar-refractivity contribution in [3.05, 3.63) is 62.4 Å². The van der Waals surface area contributed by atoms with Gasteiger partial charge in [-0.2, -0.15) is 0 Å². The lowest BCUT2D eigenvalue weighted by Crippen LogP contribution is -2.58. The lowest BCUT2D eigenvalue weighted by molar-refractivity contribution is -0.142. The van der Waals surface area contributed by atoms with Crippen LogP contribution in [0.25, 0.3) is 16.6 Å². The number of halogens is 3. The van der Waals surface area contributed by atoms with Crippen LogP contribution in [0.4, 0.5) is 20.2 Å². The van der Waals surface area contributed by atoms with Gasteiger partial charge in [0.25, 0.3) is 0 Å². The highest BCUT2D eigenvalue weighted by Crippen LogP contribution is 2.39. The van der Waals surface area contributed by atoms with Crippen molar-refractivity contribution in [1.82, 2.24) is 9.88 Å². The van der Waals surface area contributed by atoms with Gasteiger partial charge in [-0.1, -0.05) is 18.5 Å². The number of aromatic nitrogens is 1. The Bertz CT molecular complexity index is 1490. The van der Waals surface area contributed by atoms with Crippen LogP contribution in [0.15, 0.2) is 29.2 Å². The number of anilines is 2. The number of benzene rings is 2. The zero-order valence-electron chi connectivity index (χ0n) is 21.1. The van der Waals surface area contributed by atoms with E-state index in [-0.39, 0.29) is 63.4 Å². The van der Waals surface area contributed by atoms with Crippen molar-refractivity contribution in [2.24, 2.45) is 0 Å². The maximum atomic E-state index is 15.4. The normalized spacial score (nSPS) is 13.5. The van der Waals surface area contributed by atoms with Crippen LogP contribution in [0.3, 0.4) is 0 Å². The van der Waals surface area contributed by atoms with E-state index in [1.54, 1.807) is 11.8 Å². The van der Waals surface area contributed by atoms with Gasteiger partial charge in [0.05, 0.1) is 39.6 Å². The predicted octanol–water partition coefficient (Wildman–Crippen LogP) is 3.54. The van der Waals surface area contributed by atoms with Gasteiger partial charge in [0.15, 0.2) is 0 Å². The zero-order valence-corrected chi connectivity index (χ0v) is 21.8. The number of ether oxygens (including phenoxy) is 2. The first-order valence-electron chi connectivity index (χ1n) is 12.0. The molecular formula is C26H27ClF2N4O5. The zero-order chi connectivity index (χ0) is 27.7. The smallest absolute Gasteiger partial charge is 0.343 e. The monoisotopic (exact) mass is 548 g/mol. The summed E-state index contributed by atoms with van der Waals surface area (Å²) in [7, 11) is 0. The molecule has 0 radical (unpaired) electrons. The second-order valence-electron chi connectivity index (χ2n) is 8.82. The quantitative estimate of drug-likeness (QED) is 0.324. The van der Waals surface area contributed by atoms with Gasteiger partial charge < -0.3 is 30.0 Å². The van der Waals surface area contributed by atoms with E-state index in [4.69, 9.17) is 26.8 Å². The van der Waals surface area contributed by atoms with Gasteiger partial charge in [0.2, 0.25) is 5.43 Å². The highest BCUT2D eigenvalue weighted by Gasteiger charge is 2.32. The number of carbonyl (C=O) groups is 2. The Balaban J connectivity index is 2.03. The number of nitrogens with one attached hydrogen (secondary N) is 1. The molecule has 1 fully saturated rings. The number of likely N-dealkylation sites (N-methyl/N-ethyl adjacent to an activating group) is 1. The fourth-order valence-electron chi connectivity index (χ4n) is 4.46. The number of carbonyl (C=O) groups excluding carboxylic acids is 2. The Morgan fingerprint density at radius 3 is 2.50 bits per heavy atom. The molecule has 0 saturated carbocycles. The highest BCUT2D eigenvalue weighted by molar-refractivity contribution is 6.38. The predicted molar refractivity (Wildman–Crippen MR) is 140 cm³/mol. The van der Waals surface area contributed by atoms with Crippen molar-refractivity contribution in [3.63, 3.8) is 0 Å². The van der Waals surface area contributed by atoms with E-state index in [1.165, 1.54) is 23.8 Å². The van der Waals surface area contributed by atoms with Crippen molar-refractivity contribution < 1.29 is 27.8 Å². The van der Waals surface area contributed by atoms with Crippen LogP contribution < -0.4 is 21.4 Å². The maximum Gasteiger partial charge on any atom is 0.343 e. The fourth-order valence-corrected chi connectivity index (χ4v) is 4.86. The highest BCUT2D eigenvalue weighted by atomic mass is 35.5. The van der Waals surface area contributed by atoms with Gasteiger partial charge in [-0.05, 0) is 31.7 Å². The van der Waals surface area contributed by atoms with Crippen LogP contribution in [-0.2, 0) is 20.9 Å². The van der Waals surface area contributed by atoms with E-state index in [0.717, 1.165) is 18.7 Å². The fraction of sp³-hybridized carbons (Fsp3) is 0.346. The molecule has 1 saturated heterocycles. The molecule has 202 valence electrons. The number of nitrogens with zero attached hydrogens (tertiary/aromatic N) is 2. The summed E-state index contributed by atoms with van der Waals surface area (Å²) in [5.74, 6) is -3.04. The van der Waals surface area contributed by atoms with E-state index in [0.29, 0.717) is 13.1 Å². The molecule has 1 aromatic heterocycles. The summed E-state index contributed by atoms with van der Waals surface area (Å²) in [5.41, 5.74) is 4.95. The Morgan fingerprint density at radius 1 is 1.16 bits per heavy atom. The second kappa shape index (κ2) is 11.0. The van der Waals surface area contributed by atoms with Crippen LogP contribution >= 0.6 is 11.6 Å². The minimum Gasteiger partial charge on any atom is -0.462 e. The van der Waals surface area contributed by atoms with E-state index in [1.807, 2.05) is 6.92 Å². The standard InChI is InChI=1S/C26H27ClF2N4O5/c1-4-31-15-9-32(10-15)24-19(29)7-16-23(22(24)27)33(11-17(25(16)35)26(36)37-5-2)21-8-20(30)18(28)6-14(21)12-38-13(3)34/h6-8,11,15,31H,4-5,9-10,12,30H2,1-3H3. The molecule has 0 aliphatic carbocycles. The third kappa shape index (κ3) is 5.03. The van der Waals surface area contributed by atoms with Crippen molar-refractivity contribution >= 4 is 45.8 Å². The maximum absolute atomic E-state index is 15.4. The number of rotatable bonds is 8. The van der Waals surface area contributed by atoms with Crippen LogP contribution in [0.1, 0.15) is 36.7 Å². The number of esters is 2. The van der Waals surface area contributed by atoms with E-state index in [9.17, 15) is 18.8 Å². The first-order valence-corrected chi connectivity index (χ1v) is 12.4. The van der Waals surface area contributed by atoms with Crippen molar-refractivity contribution in [3.8, 4) is 5.69 Å².